The quantitative estimate of drug-likeness (QED) is 0.730. The Kier molecular flexibility index (Phi) is 4.02. The molecule has 72 valence electrons. The lowest BCUT2D eigenvalue weighted by Crippen LogP contribution is -2.45. The Morgan fingerprint density at radius 2 is 1.92 bits per heavy atom. The van der Waals surface area contributed by atoms with E-state index < -0.39 is 0 Å². The Hall–Kier alpha value is 0.880. The first-order chi connectivity index (χ1) is 5.57. The van der Waals surface area contributed by atoms with Crippen LogP contribution < -0.4 is 0 Å². The minimum absolute atomic E-state index is 0.0294. The van der Waals surface area contributed by atoms with Crippen molar-refractivity contribution in [1.29, 1.82) is 0 Å². The van der Waals surface area contributed by atoms with Crippen molar-refractivity contribution in [2.45, 2.75) is 24.5 Å². The SMILES string of the molecule is CC(C)C1OCC(Br)(CBr)CO1. The van der Waals surface area contributed by atoms with Crippen LogP contribution in [0.25, 0.3) is 0 Å². The van der Waals surface area contributed by atoms with E-state index >= 15 is 0 Å². The van der Waals surface area contributed by atoms with Gasteiger partial charge >= 0.3 is 0 Å². The van der Waals surface area contributed by atoms with Gasteiger partial charge in [-0.1, -0.05) is 45.7 Å². The van der Waals surface area contributed by atoms with Crippen molar-refractivity contribution < 1.29 is 9.47 Å². The van der Waals surface area contributed by atoms with Crippen LogP contribution in [-0.2, 0) is 9.47 Å². The van der Waals surface area contributed by atoms with Gasteiger partial charge in [-0.15, -0.1) is 0 Å². The largest absolute Gasteiger partial charge is 0.351 e. The van der Waals surface area contributed by atoms with Gasteiger partial charge in [0.25, 0.3) is 0 Å². The van der Waals surface area contributed by atoms with Gasteiger partial charge in [0.2, 0.25) is 0 Å². The third-order valence-corrected chi connectivity index (χ3v) is 4.36. The fraction of sp³-hybridized carbons (Fsp3) is 1.00. The molecule has 12 heavy (non-hydrogen) atoms. The third kappa shape index (κ3) is 2.69. The summed E-state index contributed by atoms with van der Waals surface area (Å²) in [7, 11) is 0. The molecular formula is C8H14Br2O2. The van der Waals surface area contributed by atoms with Gasteiger partial charge in [-0.05, 0) is 0 Å². The highest BCUT2D eigenvalue weighted by atomic mass is 79.9. The number of rotatable bonds is 2. The van der Waals surface area contributed by atoms with E-state index in [2.05, 4.69) is 45.7 Å². The van der Waals surface area contributed by atoms with Gasteiger partial charge in [-0.2, -0.15) is 0 Å². The molecule has 1 saturated heterocycles. The molecule has 0 saturated carbocycles. The lowest BCUT2D eigenvalue weighted by Gasteiger charge is -2.36. The molecule has 0 aromatic heterocycles. The summed E-state index contributed by atoms with van der Waals surface area (Å²) in [5.41, 5.74) is 0. The van der Waals surface area contributed by atoms with Crippen molar-refractivity contribution in [3.8, 4) is 0 Å². The van der Waals surface area contributed by atoms with Gasteiger partial charge in [0.15, 0.2) is 6.29 Å². The van der Waals surface area contributed by atoms with Crippen LogP contribution in [-0.4, -0.2) is 29.2 Å². The lowest BCUT2D eigenvalue weighted by atomic mass is 10.1. The standard InChI is InChI=1S/C8H14Br2O2/c1-6(2)7-11-4-8(10,3-9)5-12-7/h6-7H,3-5H2,1-2H3. The predicted octanol–water partition coefficient (Wildman–Crippen LogP) is 2.54. The highest BCUT2D eigenvalue weighted by Crippen LogP contribution is 2.28. The van der Waals surface area contributed by atoms with Crippen LogP contribution in [0.1, 0.15) is 13.8 Å². The molecule has 4 heteroatoms. The van der Waals surface area contributed by atoms with E-state index in [1.165, 1.54) is 0 Å². The molecule has 1 heterocycles. The molecule has 0 bridgehead atoms. The molecule has 1 aliphatic heterocycles. The predicted molar refractivity (Wildman–Crippen MR) is 56.0 cm³/mol. The number of hydrogen-bond donors (Lipinski definition) is 0. The monoisotopic (exact) mass is 300 g/mol. The zero-order chi connectivity index (χ0) is 9.19. The molecule has 1 rings (SSSR count). The summed E-state index contributed by atoms with van der Waals surface area (Å²) in [4.78, 5) is 0. The van der Waals surface area contributed by atoms with Crippen LogP contribution in [0, 0.1) is 5.92 Å². The fourth-order valence-electron chi connectivity index (χ4n) is 1.01. The lowest BCUT2D eigenvalue weighted by molar-refractivity contribution is -0.207. The van der Waals surface area contributed by atoms with Crippen LogP contribution >= 0.6 is 31.9 Å². The second kappa shape index (κ2) is 4.40. The normalized spacial score (nSPS) is 37.2. The van der Waals surface area contributed by atoms with E-state index in [4.69, 9.17) is 9.47 Å². The molecule has 0 aliphatic carbocycles. The summed E-state index contributed by atoms with van der Waals surface area (Å²) in [6.07, 6.45) is -0.0327. The first-order valence-corrected chi connectivity index (χ1v) is 5.97. The van der Waals surface area contributed by atoms with Crippen molar-refractivity contribution in [1.82, 2.24) is 0 Å². The Morgan fingerprint density at radius 3 is 2.25 bits per heavy atom. The highest BCUT2D eigenvalue weighted by Gasteiger charge is 2.34. The molecule has 0 spiro atoms. The van der Waals surface area contributed by atoms with E-state index in [0.717, 1.165) is 5.33 Å². The van der Waals surface area contributed by atoms with E-state index in [-0.39, 0.29) is 10.6 Å². The molecule has 0 unspecified atom stereocenters. The Morgan fingerprint density at radius 1 is 1.42 bits per heavy atom. The van der Waals surface area contributed by atoms with E-state index in [9.17, 15) is 0 Å². The molecular weight excluding hydrogens is 288 g/mol. The van der Waals surface area contributed by atoms with Crippen LogP contribution in [0.3, 0.4) is 0 Å². The number of alkyl halides is 2. The molecule has 0 N–H and O–H groups in total. The highest BCUT2D eigenvalue weighted by molar-refractivity contribution is 9.12. The van der Waals surface area contributed by atoms with Crippen LogP contribution in [0.4, 0.5) is 0 Å². The maximum absolute atomic E-state index is 5.55. The average molecular weight is 302 g/mol. The topological polar surface area (TPSA) is 18.5 Å². The van der Waals surface area contributed by atoms with Crippen molar-refractivity contribution >= 4 is 31.9 Å². The molecule has 1 fully saturated rings. The number of halogens is 2. The van der Waals surface area contributed by atoms with Gasteiger partial charge in [0.1, 0.15) is 0 Å². The molecule has 0 radical (unpaired) electrons. The minimum Gasteiger partial charge on any atom is -0.351 e. The molecule has 0 amide bonds. The van der Waals surface area contributed by atoms with Gasteiger partial charge in [-0.25, -0.2) is 0 Å². The van der Waals surface area contributed by atoms with Crippen molar-refractivity contribution in [2.75, 3.05) is 18.5 Å². The summed E-state index contributed by atoms with van der Waals surface area (Å²) in [6.45, 7) is 5.61. The number of ether oxygens (including phenoxy) is 2. The smallest absolute Gasteiger partial charge is 0.159 e. The molecule has 0 aromatic rings. The van der Waals surface area contributed by atoms with Gasteiger partial charge in [-0.3, -0.25) is 0 Å². The summed E-state index contributed by atoms with van der Waals surface area (Å²) in [5.74, 6) is 0.428. The first kappa shape index (κ1) is 11.0. The van der Waals surface area contributed by atoms with Crippen LogP contribution in [0.2, 0.25) is 0 Å². The average Bonchev–Trinajstić information content (AvgIpc) is 2.05. The minimum atomic E-state index is -0.0327. The fourth-order valence-corrected chi connectivity index (χ4v) is 1.60. The zero-order valence-corrected chi connectivity index (χ0v) is 10.5. The number of hydrogen-bond acceptors (Lipinski definition) is 2. The van der Waals surface area contributed by atoms with E-state index in [1.807, 2.05) is 0 Å². The summed E-state index contributed by atoms with van der Waals surface area (Å²) in [5, 5.41) is 0.852. The maximum atomic E-state index is 5.55. The van der Waals surface area contributed by atoms with Crippen LogP contribution in [0.15, 0.2) is 0 Å². The molecule has 2 nitrogen and oxygen atoms in total. The summed E-state index contributed by atoms with van der Waals surface area (Å²) in [6, 6.07) is 0. The summed E-state index contributed by atoms with van der Waals surface area (Å²) >= 11 is 6.99. The van der Waals surface area contributed by atoms with Gasteiger partial charge < -0.3 is 9.47 Å². The second-order valence-electron chi connectivity index (χ2n) is 3.52. The second-order valence-corrected chi connectivity index (χ2v) is 5.76. The van der Waals surface area contributed by atoms with Crippen molar-refractivity contribution in [2.24, 2.45) is 5.92 Å². The van der Waals surface area contributed by atoms with E-state index in [1.54, 1.807) is 0 Å². The van der Waals surface area contributed by atoms with Crippen molar-refractivity contribution in [3.63, 3.8) is 0 Å². The summed E-state index contributed by atoms with van der Waals surface area (Å²) < 4.78 is 11.1. The Bertz CT molecular complexity index is 142. The zero-order valence-electron chi connectivity index (χ0n) is 7.35. The Labute approximate surface area is 90.3 Å². The van der Waals surface area contributed by atoms with Crippen LogP contribution in [0.5, 0.6) is 0 Å². The van der Waals surface area contributed by atoms with Crippen molar-refractivity contribution in [3.05, 3.63) is 0 Å². The third-order valence-electron chi connectivity index (χ3n) is 1.80. The van der Waals surface area contributed by atoms with Gasteiger partial charge in [0.05, 0.1) is 17.5 Å². The molecule has 1 aliphatic rings. The van der Waals surface area contributed by atoms with Gasteiger partial charge in [0, 0.05) is 11.2 Å². The maximum Gasteiger partial charge on any atom is 0.159 e. The first-order valence-electron chi connectivity index (χ1n) is 4.05. The molecule has 0 atom stereocenters. The van der Waals surface area contributed by atoms with E-state index in [0.29, 0.717) is 19.1 Å². The molecule has 0 aromatic carbocycles. The Balaban J connectivity index is 2.39.